The van der Waals surface area contributed by atoms with Gasteiger partial charge in [0.2, 0.25) is 0 Å². The van der Waals surface area contributed by atoms with E-state index in [9.17, 15) is 19.7 Å². The normalized spacial score (nSPS) is 13.5. The van der Waals surface area contributed by atoms with E-state index in [1.165, 1.54) is 24.4 Å². The van der Waals surface area contributed by atoms with Gasteiger partial charge in [0.15, 0.2) is 5.43 Å². The molecule has 1 aliphatic rings. The summed E-state index contributed by atoms with van der Waals surface area (Å²) in [6.07, 6.45) is 3.26. The quantitative estimate of drug-likeness (QED) is 0.673. The predicted octanol–water partition coefficient (Wildman–Crippen LogP) is 2.40. The Bertz CT molecular complexity index is 838. The number of aryl methyl sites for hydroxylation is 1. The highest BCUT2D eigenvalue weighted by Gasteiger charge is 2.34. The molecule has 0 saturated heterocycles. The molecule has 1 heterocycles. The Balaban J connectivity index is 1.83. The van der Waals surface area contributed by atoms with E-state index in [1.807, 2.05) is 0 Å². The molecule has 7 nitrogen and oxygen atoms in total. The monoisotopic (exact) mass is 327 g/mol. The Labute approximate surface area is 138 Å². The Kier molecular flexibility index (Phi) is 4.16. The number of aromatic nitrogens is 1. The van der Waals surface area contributed by atoms with E-state index in [-0.39, 0.29) is 28.6 Å². The Morgan fingerprint density at radius 2 is 2.00 bits per heavy atom. The van der Waals surface area contributed by atoms with Crippen molar-refractivity contribution < 1.29 is 9.72 Å². The number of amides is 1. The summed E-state index contributed by atoms with van der Waals surface area (Å²) in [5.41, 5.74) is 1.33. The number of nitrogens with zero attached hydrogens (tertiary/aromatic N) is 2. The zero-order chi connectivity index (χ0) is 17.3. The van der Waals surface area contributed by atoms with E-state index in [1.54, 1.807) is 24.0 Å². The molecular weight excluding hydrogens is 310 g/mol. The highest BCUT2D eigenvalue weighted by molar-refractivity contribution is 5.94. The van der Waals surface area contributed by atoms with Crippen molar-refractivity contribution in [3.8, 4) is 0 Å². The maximum atomic E-state index is 12.7. The molecule has 1 aromatic heterocycles. The van der Waals surface area contributed by atoms with Crippen LogP contribution in [-0.4, -0.2) is 26.8 Å². The second-order valence-corrected chi connectivity index (χ2v) is 5.98. The van der Waals surface area contributed by atoms with Gasteiger partial charge in [-0.2, -0.15) is 0 Å². The first kappa shape index (κ1) is 15.9. The topological polar surface area (TPSA) is 96.3 Å². The second kappa shape index (κ2) is 6.27. The number of benzene rings is 1. The number of nitro groups is 1. The third-order valence-corrected chi connectivity index (χ3v) is 4.04. The summed E-state index contributed by atoms with van der Waals surface area (Å²) in [6.45, 7) is 2.08. The van der Waals surface area contributed by atoms with Crippen molar-refractivity contribution in [1.29, 1.82) is 0 Å². The van der Waals surface area contributed by atoms with Gasteiger partial charge >= 0.3 is 0 Å². The molecule has 124 valence electrons. The van der Waals surface area contributed by atoms with Crippen LogP contribution in [0.2, 0.25) is 0 Å². The number of pyridine rings is 1. The molecule has 1 fully saturated rings. The van der Waals surface area contributed by atoms with Crippen LogP contribution in [0.25, 0.3) is 0 Å². The summed E-state index contributed by atoms with van der Waals surface area (Å²) in [6, 6.07) is 7.64. The van der Waals surface area contributed by atoms with Gasteiger partial charge in [-0.15, -0.1) is 0 Å². The van der Waals surface area contributed by atoms with E-state index in [2.05, 4.69) is 4.98 Å². The average molecular weight is 327 g/mol. The fourth-order valence-corrected chi connectivity index (χ4v) is 2.57. The number of carbonyl (C=O) groups is 1. The molecule has 0 aliphatic heterocycles. The summed E-state index contributed by atoms with van der Waals surface area (Å²) in [5, 5.41) is 10.7. The van der Waals surface area contributed by atoms with E-state index in [0.717, 1.165) is 18.4 Å². The third-order valence-electron chi connectivity index (χ3n) is 4.04. The van der Waals surface area contributed by atoms with Gasteiger partial charge in [0.05, 0.1) is 4.92 Å². The molecule has 1 saturated carbocycles. The van der Waals surface area contributed by atoms with Gasteiger partial charge in [0.25, 0.3) is 11.6 Å². The summed E-state index contributed by atoms with van der Waals surface area (Å²) in [5.74, 6) is -0.308. The van der Waals surface area contributed by atoms with Gasteiger partial charge in [-0.05, 0) is 25.3 Å². The minimum absolute atomic E-state index is 0.0121. The van der Waals surface area contributed by atoms with Crippen LogP contribution in [0.5, 0.6) is 0 Å². The summed E-state index contributed by atoms with van der Waals surface area (Å²) >= 11 is 0. The van der Waals surface area contributed by atoms with Crippen molar-refractivity contribution in [1.82, 2.24) is 9.88 Å². The number of non-ortho nitro benzene ring substituents is 1. The van der Waals surface area contributed by atoms with Gasteiger partial charge in [-0.1, -0.05) is 12.1 Å². The maximum Gasteiger partial charge on any atom is 0.269 e. The van der Waals surface area contributed by atoms with Crippen LogP contribution in [0.15, 0.2) is 41.3 Å². The average Bonchev–Trinajstić information content (AvgIpc) is 3.37. The van der Waals surface area contributed by atoms with Crippen molar-refractivity contribution in [3.63, 3.8) is 0 Å². The summed E-state index contributed by atoms with van der Waals surface area (Å²) < 4.78 is 0. The van der Waals surface area contributed by atoms with E-state index >= 15 is 0 Å². The largest absolute Gasteiger partial charge is 0.364 e. The Hall–Kier alpha value is -2.96. The van der Waals surface area contributed by atoms with Crippen LogP contribution in [0.3, 0.4) is 0 Å². The number of hydrogen-bond acceptors (Lipinski definition) is 4. The van der Waals surface area contributed by atoms with Gasteiger partial charge in [-0.3, -0.25) is 19.7 Å². The lowest BCUT2D eigenvalue weighted by Gasteiger charge is -2.22. The minimum Gasteiger partial charge on any atom is -0.364 e. The standard InChI is InChI=1S/C17H17N3O4/c1-11-8-16(21)15(9-18-11)17(22)19(13-6-7-13)10-12-2-4-14(5-3-12)20(23)24/h2-5,8-9,13H,6-7,10H2,1H3,(H,18,21). The summed E-state index contributed by atoms with van der Waals surface area (Å²) in [7, 11) is 0. The first-order valence-electron chi connectivity index (χ1n) is 7.69. The van der Waals surface area contributed by atoms with Gasteiger partial charge < -0.3 is 9.88 Å². The van der Waals surface area contributed by atoms with E-state index in [0.29, 0.717) is 12.2 Å². The molecule has 0 spiro atoms. The number of nitrogens with one attached hydrogen (secondary N) is 1. The molecule has 0 radical (unpaired) electrons. The predicted molar refractivity (Wildman–Crippen MR) is 87.8 cm³/mol. The molecule has 3 rings (SSSR count). The maximum absolute atomic E-state index is 12.7. The first-order valence-corrected chi connectivity index (χ1v) is 7.69. The van der Waals surface area contributed by atoms with Crippen molar-refractivity contribution in [2.75, 3.05) is 0 Å². The lowest BCUT2D eigenvalue weighted by atomic mass is 10.1. The molecule has 0 unspecified atom stereocenters. The van der Waals surface area contributed by atoms with Crippen LogP contribution in [0.1, 0.15) is 34.5 Å². The van der Waals surface area contributed by atoms with Crippen molar-refractivity contribution >= 4 is 11.6 Å². The number of carbonyl (C=O) groups excluding carboxylic acids is 1. The molecule has 1 aliphatic carbocycles. The molecule has 0 atom stereocenters. The zero-order valence-corrected chi connectivity index (χ0v) is 13.2. The Morgan fingerprint density at radius 1 is 1.33 bits per heavy atom. The Morgan fingerprint density at radius 3 is 2.54 bits per heavy atom. The SMILES string of the molecule is Cc1cc(=O)c(C(=O)N(Cc2ccc([N+](=O)[O-])cc2)C2CC2)c[nH]1. The molecule has 1 N–H and O–H groups in total. The van der Waals surface area contributed by atoms with Gasteiger partial charge in [0, 0.05) is 42.7 Å². The first-order chi connectivity index (χ1) is 11.5. The summed E-state index contributed by atoms with van der Waals surface area (Å²) in [4.78, 5) is 39.6. The second-order valence-electron chi connectivity index (χ2n) is 5.98. The number of aromatic amines is 1. The lowest BCUT2D eigenvalue weighted by Crippen LogP contribution is -2.35. The molecular formula is C17H17N3O4. The number of nitro benzene ring substituents is 1. The molecule has 1 aromatic carbocycles. The highest BCUT2D eigenvalue weighted by Crippen LogP contribution is 2.29. The molecule has 0 bridgehead atoms. The molecule has 24 heavy (non-hydrogen) atoms. The molecule has 7 heteroatoms. The fourth-order valence-electron chi connectivity index (χ4n) is 2.57. The van der Waals surface area contributed by atoms with Gasteiger partial charge in [0.1, 0.15) is 5.56 Å². The molecule has 1 amide bonds. The van der Waals surface area contributed by atoms with Gasteiger partial charge in [-0.25, -0.2) is 0 Å². The smallest absolute Gasteiger partial charge is 0.269 e. The zero-order valence-electron chi connectivity index (χ0n) is 13.2. The fraction of sp³-hybridized carbons (Fsp3) is 0.294. The van der Waals surface area contributed by atoms with E-state index < -0.39 is 4.92 Å². The van der Waals surface area contributed by atoms with Crippen LogP contribution < -0.4 is 5.43 Å². The lowest BCUT2D eigenvalue weighted by molar-refractivity contribution is -0.384. The van der Waals surface area contributed by atoms with Crippen molar-refractivity contribution in [2.45, 2.75) is 32.4 Å². The molecule has 2 aromatic rings. The van der Waals surface area contributed by atoms with Crippen LogP contribution in [-0.2, 0) is 6.54 Å². The van der Waals surface area contributed by atoms with Crippen LogP contribution in [0.4, 0.5) is 5.69 Å². The number of hydrogen-bond donors (Lipinski definition) is 1. The van der Waals surface area contributed by atoms with Crippen LogP contribution >= 0.6 is 0 Å². The van der Waals surface area contributed by atoms with Crippen molar-refractivity contribution in [3.05, 3.63) is 73.7 Å². The number of H-pyrrole nitrogens is 1. The highest BCUT2D eigenvalue weighted by atomic mass is 16.6. The number of rotatable bonds is 5. The van der Waals surface area contributed by atoms with Crippen molar-refractivity contribution in [2.24, 2.45) is 0 Å². The van der Waals surface area contributed by atoms with Crippen LogP contribution in [0, 0.1) is 17.0 Å². The third kappa shape index (κ3) is 3.34. The van der Waals surface area contributed by atoms with E-state index in [4.69, 9.17) is 0 Å². The minimum atomic E-state index is -0.459.